The van der Waals surface area contributed by atoms with E-state index in [-0.39, 0.29) is 37.0 Å². The van der Waals surface area contributed by atoms with E-state index < -0.39 is 5.91 Å². The maximum atomic E-state index is 12.5. The van der Waals surface area contributed by atoms with Gasteiger partial charge in [0.25, 0.3) is 0 Å². The molecule has 0 radical (unpaired) electrons. The quantitative estimate of drug-likeness (QED) is 0.407. The molecule has 10 heteroatoms. The van der Waals surface area contributed by atoms with E-state index >= 15 is 0 Å². The molecule has 2 N–H and O–H groups in total. The van der Waals surface area contributed by atoms with Gasteiger partial charge < -0.3 is 29.5 Å². The van der Waals surface area contributed by atoms with Gasteiger partial charge in [0.1, 0.15) is 0 Å². The zero-order valence-corrected chi connectivity index (χ0v) is 22.4. The number of carbonyl (C=O) groups is 2. The second kappa shape index (κ2) is 12.3. The molecule has 3 aromatic rings. The molecule has 0 bridgehead atoms. The van der Waals surface area contributed by atoms with Gasteiger partial charge in [0.2, 0.25) is 18.5 Å². The Morgan fingerprint density at radius 2 is 1.79 bits per heavy atom. The zero-order chi connectivity index (χ0) is 27.2. The van der Waals surface area contributed by atoms with E-state index in [1.807, 2.05) is 0 Å². The lowest BCUT2D eigenvalue weighted by Gasteiger charge is -2.37. The van der Waals surface area contributed by atoms with E-state index in [0.717, 1.165) is 38.5 Å². The summed E-state index contributed by atoms with van der Waals surface area (Å²) in [5, 5.41) is 9.51. The monoisotopic (exact) mass is 533 g/mol. The minimum Gasteiger partial charge on any atom is -0.454 e. The van der Waals surface area contributed by atoms with Crippen LogP contribution in [-0.4, -0.2) is 66.4 Å². The van der Waals surface area contributed by atoms with Crippen LogP contribution in [0.25, 0.3) is 11.4 Å². The molecule has 206 valence electrons. The number of amides is 2. The third-order valence-corrected chi connectivity index (χ3v) is 7.58. The highest BCUT2D eigenvalue weighted by molar-refractivity contribution is 5.93. The van der Waals surface area contributed by atoms with Gasteiger partial charge in [-0.1, -0.05) is 35.5 Å². The molecule has 0 spiro atoms. The Bertz CT molecular complexity index is 1270. The van der Waals surface area contributed by atoms with E-state index in [1.165, 1.54) is 5.56 Å². The fourth-order valence-corrected chi connectivity index (χ4v) is 5.51. The molecule has 2 heterocycles. The molecule has 2 amide bonds. The van der Waals surface area contributed by atoms with E-state index in [4.69, 9.17) is 14.0 Å². The summed E-state index contributed by atoms with van der Waals surface area (Å²) in [6.45, 7) is 0.00540. The first-order valence-corrected chi connectivity index (χ1v) is 13.5. The molecule has 10 nitrogen and oxygen atoms in total. The normalized spacial score (nSPS) is 19.1. The molecule has 1 atom stereocenters. The number of aryl methyl sites for hydroxylation is 1. The molecule has 2 aliphatic rings. The Hall–Kier alpha value is -3.92. The van der Waals surface area contributed by atoms with E-state index in [0.29, 0.717) is 29.0 Å². The van der Waals surface area contributed by atoms with Crippen LogP contribution < -0.4 is 20.1 Å². The van der Waals surface area contributed by atoms with E-state index in [1.54, 1.807) is 18.2 Å². The Morgan fingerprint density at radius 3 is 2.56 bits per heavy atom. The maximum Gasteiger partial charge on any atom is 0.316 e. The molecule has 1 aliphatic carbocycles. The van der Waals surface area contributed by atoms with Gasteiger partial charge in [-0.15, -0.1) is 0 Å². The second-order valence-corrected chi connectivity index (χ2v) is 10.4. The number of fused-ring (bicyclic) bond motifs is 1. The first-order valence-electron chi connectivity index (χ1n) is 13.5. The van der Waals surface area contributed by atoms with Gasteiger partial charge in [0.15, 0.2) is 11.5 Å². The molecule has 1 unspecified atom stereocenters. The predicted octanol–water partition coefficient (Wildman–Crippen LogP) is 3.43. The first-order chi connectivity index (χ1) is 19.0. The van der Waals surface area contributed by atoms with Crippen LogP contribution in [0.15, 0.2) is 53.1 Å². The predicted molar refractivity (Wildman–Crippen MR) is 144 cm³/mol. The molecular weight excluding hydrogens is 498 g/mol. The van der Waals surface area contributed by atoms with Crippen LogP contribution in [0.2, 0.25) is 0 Å². The lowest BCUT2D eigenvalue weighted by atomic mass is 9.79. The summed E-state index contributed by atoms with van der Waals surface area (Å²) in [7, 11) is 4.32. The third-order valence-electron chi connectivity index (χ3n) is 7.58. The van der Waals surface area contributed by atoms with Crippen LogP contribution >= 0.6 is 0 Å². The lowest BCUT2D eigenvalue weighted by molar-refractivity contribution is -0.121. The number of ether oxygens (including phenoxy) is 2. The zero-order valence-electron chi connectivity index (χ0n) is 22.4. The molecular formula is C29H35N5O5. The van der Waals surface area contributed by atoms with Crippen LogP contribution in [0.4, 0.5) is 0 Å². The van der Waals surface area contributed by atoms with Crippen LogP contribution in [0.1, 0.15) is 48.4 Å². The second-order valence-electron chi connectivity index (χ2n) is 10.4. The van der Waals surface area contributed by atoms with Gasteiger partial charge in [0.05, 0.1) is 6.54 Å². The maximum absolute atomic E-state index is 12.5. The van der Waals surface area contributed by atoms with Gasteiger partial charge >= 0.3 is 11.8 Å². The van der Waals surface area contributed by atoms with Crippen LogP contribution in [0.5, 0.6) is 11.5 Å². The number of nitrogens with zero attached hydrogens (tertiary/aromatic N) is 3. The number of rotatable bonds is 10. The summed E-state index contributed by atoms with van der Waals surface area (Å²) in [5.41, 5.74) is 2.00. The number of aromatic nitrogens is 2. The van der Waals surface area contributed by atoms with Crippen LogP contribution in [0, 0.1) is 5.92 Å². The summed E-state index contributed by atoms with van der Waals surface area (Å²) in [4.78, 5) is 31.5. The molecule has 1 fully saturated rings. The SMILES string of the molecule is CN(C)C(CCc1ccccc1)C1CCC(NC(=O)CNC(=O)c2nc(-c3ccc4c(c3)OCO4)no2)CC1. The minimum atomic E-state index is -0.597. The van der Waals surface area contributed by atoms with Crippen molar-refractivity contribution in [1.82, 2.24) is 25.7 Å². The van der Waals surface area contributed by atoms with Crippen molar-refractivity contribution in [1.29, 1.82) is 0 Å². The summed E-state index contributed by atoms with van der Waals surface area (Å²) in [5.74, 6) is 1.04. The molecule has 1 aliphatic heterocycles. The minimum absolute atomic E-state index is 0.114. The fraction of sp³-hybridized carbons (Fsp3) is 0.448. The number of nitrogens with one attached hydrogen (secondary N) is 2. The largest absolute Gasteiger partial charge is 0.454 e. The van der Waals surface area contributed by atoms with Crippen molar-refractivity contribution in [3.05, 3.63) is 60.0 Å². The highest BCUT2D eigenvalue weighted by Gasteiger charge is 2.29. The van der Waals surface area contributed by atoms with Gasteiger partial charge in [-0.2, -0.15) is 4.98 Å². The topological polar surface area (TPSA) is 119 Å². The van der Waals surface area contributed by atoms with E-state index in [2.05, 4.69) is 70.1 Å². The Morgan fingerprint density at radius 1 is 1.03 bits per heavy atom. The molecule has 1 aromatic heterocycles. The average Bonchev–Trinajstić information content (AvgIpc) is 3.63. The van der Waals surface area contributed by atoms with Gasteiger partial charge in [0, 0.05) is 17.6 Å². The smallest absolute Gasteiger partial charge is 0.316 e. The van der Waals surface area contributed by atoms with Crippen LogP contribution in [0.3, 0.4) is 0 Å². The number of hydrogen-bond donors (Lipinski definition) is 2. The Labute approximate surface area is 228 Å². The van der Waals surface area contributed by atoms with Crippen molar-refractivity contribution in [3.63, 3.8) is 0 Å². The van der Waals surface area contributed by atoms with Gasteiger partial charge in [-0.3, -0.25) is 9.59 Å². The fourth-order valence-electron chi connectivity index (χ4n) is 5.51. The number of hydrogen-bond acceptors (Lipinski definition) is 8. The van der Waals surface area contributed by atoms with Crippen molar-refractivity contribution in [2.24, 2.45) is 5.92 Å². The first kappa shape index (κ1) is 26.7. The van der Waals surface area contributed by atoms with Crippen molar-refractivity contribution in [2.45, 2.75) is 50.6 Å². The van der Waals surface area contributed by atoms with Crippen LogP contribution in [-0.2, 0) is 11.2 Å². The molecule has 2 aromatic carbocycles. The number of carbonyl (C=O) groups excluding carboxylic acids is 2. The summed E-state index contributed by atoms with van der Waals surface area (Å²) < 4.78 is 15.8. The summed E-state index contributed by atoms with van der Waals surface area (Å²) in [6.07, 6.45) is 6.19. The van der Waals surface area contributed by atoms with Crippen molar-refractivity contribution >= 4 is 11.8 Å². The van der Waals surface area contributed by atoms with Crippen molar-refractivity contribution in [2.75, 3.05) is 27.4 Å². The lowest BCUT2D eigenvalue weighted by Crippen LogP contribution is -2.45. The number of benzene rings is 2. The summed E-state index contributed by atoms with van der Waals surface area (Å²) in [6, 6.07) is 16.5. The van der Waals surface area contributed by atoms with E-state index in [9.17, 15) is 9.59 Å². The van der Waals surface area contributed by atoms with Gasteiger partial charge in [-0.25, -0.2) is 0 Å². The standard InChI is InChI=1S/C29H35N5O5/c1-34(2)23(14-8-19-6-4-3-5-7-19)20-9-12-22(13-10-20)31-26(35)17-30-28(36)29-32-27(33-39-29)21-11-15-24-25(16-21)38-18-37-24/h3-7,11,15-16,20,22-23H,8-10,12-14,17-18H2,1-2H3,(H,30,36)(H,31,35). The molecule has 1 saturated carbocycles. The highest BCUT2D eigenvalue weighted by atomic mass is 16.7. The Kier molecular flexibility index (Phi) is 8.41. The van der Waals surface area contributed by atoms with Gasteiger partial charge in [-0.05, 0) is 82.3 Å². The molecule has 5 rings (SSSR count). The average molecular weight is 534 g/mol. The highest BCUT2D eigenvalue weighted by Crippen LogP contribution is 2.35. The van der Waals surface area contributed by atoms with Crippen molar-refractivity contribution in [3.8, 4) is 22.9 Å². The Balaban J connectivity index is 1.05. The third kappa shape index (κ3) is 6.75. The summed E-state index contributed by atoms with van der Waals surface area (Å²) >= 11 is 0. The molecule has 39 heavy (non-hydrogen) atoms. The molecule has 0 saturated heterocycles. The van der Waals surface area contributed by atoms with Crippen molar-refractivity contribution < 1.29 is 23.6 Å².